The van der Waals surface area contributed by atoms with E-state index in [9.17, 15) is 8.42 Å². The summed E-state index contributed by atoms with van der Waals surface area (Å²) in [4.78, 5) is 4.01. The van der Waals surface area contributed by atoms with Crippen LogP contribution in [0.4, 0.5) is 5.82 Å². The molecule has 0 bridgehead atoms. The van der Waals surface area contributed by atoms with Gasteiger partial charge in [0.25, 0.3) is 0 Å². The van der Waals surface area contributed by atoms with Crippen LogP contribution >= 0.6 is 15.9 Å². The Balaban J connectivity index is 2.69. The van der Waals surface area contributed by atoms with Crippen LogP contribution in [0.3, 0.4) is 0 Å². The minimum atomic E-state index is -3.40. The van der Waals surface area contributed by atoms with Gasteiger partial charge in [-0.15, -0.1) is 0 Å². The van der Waals surface area contributed by atoms with Crippen LogP contribution in [0.1, 0.15) is 12.5 Å². The predicted molar refractivity (Wildman–Crippen MR) is 70.6 cm³/mol. The van der Waals surface area contributed by atoms with Gasteiger partial charge in [-0.2, -0.15) is 0 Å². The number of pyridine rings is 1. The molecule has 0 spiro atoms. The average Bonchev–Trinajstić information content (AvgIpc) is 2.22. The molecule has 7 heteroatoms. The fourth-order valence-electron chi connectivity index (χ4n) is 1.16. The lowest BCUT2D eigenvalue weighted by molar-refractivity contribution is 0.163. The first kappa shape index (κ1) is 14.4. The first-order valence-electron chi connectivity index (χ1n) is 5.15. The first-order chi connectivity index (χ1) is 7.94. The van der Waals surface area contributed by atoms with Gasteiger partial charge < -0.3 is 4.74 Å². The van der Waals surface area contributed by atoms with Gasteiger partial charge in [0, 0.05) is 17.3 Å². The second-order valence-electron chi connectivity index (χ2n) is 3.44. The van der Waals surface area contributed by atoms with E-state index in [0.29, 0.717) is 12.4 Å². The summed E-state index contributed by atoms with van der Waals surface area (Å²) in [7, 11) is -3.40. The van der Waals surface area contributed by atoms with Crippen molar-refractivity contribution >= 4 is 31.8 Å². The van der Waals surface area contributed by atoms with Crippen LogP contribution in [0.15, 0.2) is 16.7 Å². The minimum Gasteiger partial charge on any atom is -0.381 e. The molecule has 0 unspecified atom stereocenters. The zero-order valence-corrected chi connectivity index (χ0v) is 12.1. The quantitative estimate of drug-likeness (QED) is 0.812. The summed E-state index contributed by atoms with van der Waals surface area (Å²) >= 11 is 3.27. The maximum Gasteiger partial charge on any atom is 0.236 e. The molecule has 1 N–H and O–H groups in total. The number of sulfonamides is 1. The van der Waals surface area contributed by atoms with Gasteiger partial charge in [0.1, 0.15) is 5.82 Å². The van der Waals surface area contributed by atoms with Gasteiger partial charge in [0.05, 0.1) is 12.4 Å². The molecule has 1 rings (SSSR count). The van der Waals surface area contributed by atoms with Crippen LogP contribution in [0.25, 0.3) is 0 Å². The Kier molecular flexibility index (Phi) is 5.35. The summed E-state index contributed by atoms with van der Waals surface area (Å²) in [6.07, 6.45) is 1.55. The maximum absolute atomic E-state index is 11.7. The van der Waals surface area contributed by atoms with Gasteiger partial charge >= 0.3 is 0 Å². The maximum atomic E-state index is 11.7. The lowest BCUT2D eigenvalue weighted by Gasteiger charge is -2.09. The molecule has 0 aliphatic rings. The molecule has 0 aliphatic heterocycles. The molecule has 1 aromatic rings. The molecular weight excluding hydrogens is 308 g/mol. The number of hydrogen-bond acceptors (Lipinski definition) is 4. The van der Waals surface area contributed by atoms with E-state index in [1.165, 1.54) is 0 Å². The zero-order valence-electron chi connectivity index (χ0n) is 9.73. The molecule has 0 aromatic carbocycles. The molecule has 0 saturated carbocycles. The van der Waals surface area contributed by atoms with E-state index in [4.69, 9.17) is 4.74 Å². The number of anilines is 1. The van der Waals surface area contributed by atoms with Gasteiger partial charge in [-0.1, -0.05) is 0 Å². The standard InChI is InChI=1S/C10H15BrN2O3S/c1-3-16-4-5-17(14,15)13-10-8(2)6-9(11)7-12-10/h6-7H,3-5H2,1-2H3,(H,12,13). The van der Waals surface area contributed by atoms with Gasteiger partial charge in [-0.3, -0.25) is 4.72 Å². The van der Waals surface area contributed by atoms with Crippen molar-refractivity contribution in [3.8, 4) is 0 Å². The second-order valence-corrected chi connectivity index (χ2v) is 6.19. The van der Waals surface area contributed by atoms with E-state index in [1.54, 1.807) is 19.2 Å². The molecule has 96 valence electrons. The number of hydrogen-bond donors (Lipinski definition) is 1. The van der Waals surface area contributed by atoms with E-state index < -0.39 is 10.0 Å². The minimum absolute atomic E-state index is 0.0714. The van der Waals surface area contributed by atoms with Crippen molar-refractivity contribution in [1.82, 2.24) is 4.98 Å². The zero-order chi connectivity index (χ0) is 12.9. The highest BCUT2D eigenvalue weighted by Crippen LogP contribution is 2.17. The van der Waals surface area contributed by atoms with Crippen molar-refractivity contribution in [3.63, 3.8) is 0 Å². The third kappa shape index (κ3) is 5.01. The SMILES string of the molecule is CCOCCS(=O)(=O)Nc1ncc(Br)cc1C. The van der Waals surface area contributed by atoms with Crippen LogP contribution < -0.4 is 4.72 Å². The highest BCUT2D eigenvalue weighted by atomic mass is 79.9. The van der Waals surface area contributed by atoms with Crippen LogP contribution in [0.2, 0.25) is 0 Å². The average molecular weight is 323 g/mol. The summed E-state index contributed by atoms with van der Waals surface area (Å²) in [6, 6.07) is 1.80. The summed E-state index contributed by atoms with van der Waals surface area (Å²) in [5, 5.41) is 0. The number of aryl methyl sites for hydroxylation is 1. The van der Waals surface area contributed by atoms with E-state index in [2.05, 4.69) is 25.6 Å². The Bertz CT molecular complexity index is 476. The Morgan fingerprint density at radius 1 is 1.53 bits per heavy atom. The molecule has 1 heterocycles. The molecule has 5 nitrogen and oxygen atoms in total. The van der Waals surface area contributed by atoms with Crippen molar-refractivity contribution in [2.75, 3.05) is 23.7 Å². The van der Waals surface area contributed by atoms with Crippen LogP contribution in [0, 0.1) is 6.92 Å². The number of halogens is 1. The van der Waals surface area contributed by atoms with Crippen molar-refractivity contribution in [3.05, 3.63) is 22.3 Å². The molecule has 0 saturated heterocycles. The molecule has 0 amide bonds. The highest BCUT2D eigenvalue weighted by Gasteiger charge is 2.12. The fourth-order valence-corrected chi connectivity index (χ4v) is 2.55. The van der Waals surface area contributed by atoms with E-state index in [0.717, 1.165) is 10.0 Å². The number of nitrogens with zero attached hydrogens (tertiary/aromatic N) is 1. The van der Waals surface area contributed by atoms with Crippen molar-refractivity contribution in [1.29, 1.82) is 0 Å². The monoisotopic (exact) mass is 322 g/mol. The third-order valence-corrected chi connectivity index (χ3v) is 3.64. The molecular formula is C10H15BrN2O3S. The third-order valence-electron chi connectivity index (χ3n) is 2.00. The Hall–Kier alpha value is -0.660. The lowest BCUT2D eigenvalue weighted by Crippen LogP contribution is -2.21. The van der Waals surface area contributed by atoms with Crippen molar-refractivity contribution < 1.29 is 13.2 Å². The largest absolute Gasteiger partial charge is 0.381 e. The second kappa shape index (κ2) is 6.32. The topological polar surface area (TPSA) is 68.3 Å². The Labute approximate surface area is 110 Å². The van der Waals surface area contributed by atoms with Crippen molar-refractivity contribution in [2.45, 2.75) is 13.8 Å². The molecule has 17 heavy (non-hydrogen) atoms. The Morgan fingerprint density at radius 2 is 2.24 bits per heavy atom. The van der Waals surface area contributed by atoms with E-state index in [-0.39, 0.29) is 12.4 Å². The number of nitrogens with one attached hydrogen (secondary N) is 1. The van der Waals surface area contributed by atoms with Crippen LogP contribution in [-0.2, 0) is 14.8 Å². The molecule has 0 radical (unpaired) electrons. The number of ether oxygens (including phenoxy) is 1. The summed E-state index contributed by atoms with van der Waals surface area (Å²) in [5.74, 6) is 0.280. The van der Waals surface area contributed by atoms with Crippen LogP contribution in [0.5, 0.6) is 0 Å². The molecule has 0 aliphatic carbocycles. The summed E-state index contributed by atoms with van der Waals surface area (Å²) in [6.45, 7) is 4.30. The predicted octanol–water partition coefficient (Wildman–Crippen LogP) is 1.93. The van der Waals surface area contributed by atoms with Gasteiger partial charge in [-0.25, -0.2) is 13.4 Å². The lowest BCUT2D eigenvalue weighted by atomic mass is 10.3. The van der Waals surface area contributed by atoms with Gasteiger partial charge in [0.15, 0.2) is 0 Å². The van der Waals surface area contributed by atoms with Gasteiger partial charge in [-0.05, 0) is 41.4 Å². The van der Waals surface area contributed by atoms with E-state index in [1.807, 2.05) is 6.92 Å². The smallest absolute Gasteiger partial charge is 0.236 e. The van der Waals surface area contributed by atoms with Gasteiger partial charge in [0.2, 0.25) is 10.0 Å². The van der Waals surface area contributed by atoms with Crippen molar-refractivity contribution in [2.24, 2.45) is 0 Å². The number of rotatable bonds is 6. The molecule has 0 fully saturated rings. The Morgan fingerprint density at radius 3 is 2.82 bits per heavy atom. The first-order valence-corrected chi connectivity index (χ1v) is 7.59. The van der Waals surface area contributed by atoms with E-state index >= 15 is 0 Å². The molecule has 0 atom stereocenters. The normalized spacial score (nSPS) is 11.5. The number of aromatic nitrogens is 1. The van der Waals surface area contributed by atoms with Crippen LogP contribution in [-0.4, -0.2) is 32.4 Å². The summed E-state index contributed by atoms with van der Waals surface area (Å²) in [5.41, 5.74) is 0.763. The highest BCUT2D eigenvalue weighted by molar-refractivity contribution is 9.10. The fraction of sp³-hybridized carbons (Fsp3) is 0.500. The molecule has 1 aromatic heterocycles. The summed E-state index contributed by atoms with van der Waals surface area (Å²) < 4.78 is 31.6.